The topological polar surface area (TPSA) is 42.7 Å². The summed E-state index contributed by atoms with van der Waals surface area (Å²) < 4.78 is 11.6. The number of hydrogen-bond acceptors (Lipinski definition) is 3. The van der Waals surface area contributed by atoms with Gasteiger partial charge in [-0.15, -0.1) is 0 Å². The highest BCUT2D eigenvalue weighted by molar-refractivity contribution is 5.92. The molecule has 0 radical (unpaired) electrons. The molecule has 1 heterocycles. The number of benzene rings is 1. The van der Waals surface area contributed by atoms with Crippen LogP contribution in [0.25, 0.3) is 0 Å². The van der Waals surface area contributed by atoms with E-state index in [2.05, 4.69) is 46.8 Å². The van der Waals surface area contributed by atoms with Crippen molar-refractivity contribution >= 4 is 5.91 Å². The van der Waals surface area contributed by atoms with Crippen LogP contribution in [0.2, 0.25) is 0 Å². The Bertz CT molecular complexity index is 695. The number of amides is 1. The van der Waals surface area contributed by atoms with E-state index in [9.17, 15) is 4.79 Å². The van der Waals surface area contributed by atoms with Crippen LogP contribution in [-0.2, 0) is 13.0 Å². The molecule has 2 rings (SSSR count). The molecule has 0 aliphatic rings. The largest absolute Gasteiger partial charge is 0.486 e. The molecule has 0 unspecified atom stereocenters. The fraction of sp³-hybridized carbons (Fsp3) is 0.522. The summed E-state index contributed by atoms with van der Waals surface area (Å²) in [6.07, 6.45) is 4.04. The fourth-order valence-electron chi connectivity index (χ4n) is 3.12. The van der Waals surface area contributed by atoms with Crippen LogP contribution in [0.1, 0.15) is 75.8 Å². The maximum atomic E-state index is 12.9. The molecule has 0 N–H and O–H groups in total. The van der Waals surface area contributed by atoms with Crippen LogP contribution in [0, 0.1) is 0 Å². The Balaban J connectivity index is 2.01. The number of hydrogen-bond donors (Lipinski definition) is 0. The van der Waals surface area contributed by atoms with Crippen LogP contribution in [0.15, 0.2) is 40.8 Å². The maximum absolute atomic E-state index is 12.9. The highest BCUT2D eigenvalue weighted by Crippen LogP contribution is 2.20. The molecule has 0 bridgehead atoms. The number of ether oxygens (including phenoxy) is 1. The molecule has 0 aliphatic carbocycles. The summed E-state index contributed by atoms with van der Waals surface area (Å²) in [5, 5.41) is 0. The van der Waals surface area contributed by atoms with Gasteiger partial charge in [-0.1, -0.05) is 39.3 Å². The number of furan rings is 1. The van der Waals surface area contributed by atoms with Gasteiger partial charge >= 0.3 is 0 Å². The van der Waals surface area contributed by atoms with E-state index in [0.29, 0.717) is 18.1 Å². The lowest BCUT2D eigenvalue weighted by molar-refractivity contribution is 0.0561. The van der Waals surface area contributed by atoms with Crippen molar-refractivity contribution in [2.75, 3.05) is 0 Å². The number of carbonyl (C=O) groups is 1. The summed E-state index contributed by atoms with van der Waals surface area (Å²) in [5.74, 6) is 1.80. The zero-order chi connectivity index (χ0) is 19.8. The second-order valence-electron chi connectivity index (χ2n) is 7.18. The minimum absolute atomic E-state index is 0.0473. The number of aryl methyl sites for hydroxylation is 1. The smallest absolute Gasteiger partial charge is 0.290 e. The summed E-state index contributed by atoms with van der Waals surface area (Å²) in [5.41, 5.74) is 1.31. The van der Waals surface area contributed by atoms with Crippen LogP contribution in [0.4, 0.5) is 0 Å². The van der Waals surface area contributed by atoms with E-state index in [0.717, 1.165) is 31.4 Å². The predicted molar refractivity (Wildman–Crippen MR) is 109 cm³/mol. The van der Waals surface area contributed by atoms with E-state index < -0.39 is 0 Å². The molecule has 1 aromatic heterocycles. The first-order valence-corrected chi connectivity index (χ1v) is 10.1. The number of rotatable bonds is 10. The number of carbonyl (C=O) groups excluding carboxylic acids is 1. The lowest BCUT2D eigenvalue weighted by Gasteiger charge is -2.33. The van der Waals surface area contributed by atoms with Gasteiger partial charge in [0.15, 0.2) is 5.76 Å². The Morgan fingerprint density at radius 1 is 1.00 bits per heavy atom. The highest BCUT2D eigenvalue weighted by atomic mass is 16.5. The van der Waals surface area contributed by atoms with Crippen molar-refractivity contribution in [3.05, 3.63) is 53.5 Å². The van der Waals surface area contributed by atoms with Crippen molar-refractivity contribution in [1.29, 1.82) is 0 Å². The Morgan fingerprint density at radius 3 is 2.19 bits per heavy atom. The van der Waals surface area contributed by atoms with Gasteiger partial charge in [0.05, 0.1) is 0 Å². The second kappa shape index (κ2) is 10.2. The Kier molecular flexibility index (Phi) is 7.96. The van der Waals surface area contributed by atoms with Gasteiger partial charge in [-0.25, -0.2) is 0 Å². The molecular formula is C23H33NO3. The fourth-order valence-corrected chi connectivity index (χ4v) is 3.12. The standard InChI is InChI=1S/C23H33NO3/c1-6-9-19-10-12-20(13-11-19)26-16-21-14-15-22(27-21)23(25)24(17(4)7-2)18(5)8-3/h10-15,17-18H,6-9,16H2,1-5H3/t17-,18-/m0/s1. The van der Waals surface area contributed by atoms with Crippen LogP contribution >= 0.6 is 0 Å². The van der Waals surface area contributed by atoms with Crippen molar-refractivity contribution in [3.8, 4) is 5.75 Å². The summed E-state index contributed by atoms with van der Waals surface area (Å²) >= 11 is 0. The van der Waals surface area contributed by atoms with Crippen molar-refractivity contribution in [2.45, 2.75) is 79.0 Å². The monoisotopic (exact) mass is 371 g/mol. The maximum Gasteiger partial charge on any atom is 0.290 e. The molecule has 0 spiro atoms. The third-order valence-electron chi connectivity index (χ3n) is 5.08. The molecule has 1 aromatic carbocycles. The zero-order valence-corrected chi connectivity index (χ0v) is 17.3. The van der Waals surface area contributed by atoms with Gasteiger partial charge in [0, 0.05) is 12.1 Å². The quantitative estimate of drug-likeness (QED) is 0.526. The van der Waals surface area contributed by atoms with Gasteiger partial charge in [-0.3, -0.25) is 4.79 Å². The lowest BCUT2D eigenvalue weighted by atomic mass is 10.1. The molecule has 0 saturated carbocycles. The third-order valence-corrected chi connectivity index (χ3v) is 5.08. The van der Waals surface area contributed by atoms with Crippen molar-refractivity contribution < 1.29 is 13.9 Å². The molecule has 0 aliphatic heterocycles. The lowest BCUT2D eigenvalue weighted by Crippen LogP contribution is -2.44. The SMILES string of the molecule is CCCc1ccc(OCc2ccc(C(=O)N([C@@H](C)CC)[C@@H](C)CC)o2)cc1. The molecule has 2 aromatic rings. The van der Waals surface area contributed by atoms with E-state index >= 15 is 0 Å². The first-order chi connectivity index (χ1) is 13.0. The normalized spacial score (nSPS) is 13.2. The minimum atomic E-state index is -0.0473. The Hall–Kier alpha value is -2.23. The summed E-state index contributed by atoms with van der Waals surface area (Å²) in [6, 6.07) is 12.1. The predicted octanol–water partition coefficient (Wildman–Crippen LogP) is 5.85. The van der Waals surface area contributed by atoms with Gasteiger partial charge < -0.3 is 14.1 Å². The first-order valence-electron chi connectivity index (χ1n) is 10.1. The third kappa shape index (κ3) is 5.62. The molecule has 27 heavy (non-hydrogen) atoms. The van der Waals surface area contributed by atoms with E-state index in [1.807, 2.05) is 23.1 Å². The van der Waals surface area contributed by atoms with Crippen LogP contribution in [-0.4, -0.2) is 22.9 Å². The van der Waals surface area contributed by atoms with Gasteiger partial charge in [0.2, 0.25) is 0 Å². The average molecular weight is 372 g/mol. The number of nitrogens with zero attached hydrogens (tertiary/aromatic N) is 1. The van der Waals surface area contributed by atoms with Gasteiger partial charge in [0.1, 0.15) is 18.1 Å². The van der Waals surface area contributed by atoms with Crippen molar-refractivity contribution in [1.82, 2.24) is 4.90 Å². The average Bonchev–Trinajstić information content (AvgIpc) is 3.16. The van der Waals surface area contributed by atoms with Crippen LogP contribution < -0.4 is 4.74 Å². The molecular weight excluding hydrogens is 338 g/mol. The molecule has 0 saturated heterocycles. The molecule has 1 amide bonds. The molecule has 148 valence electrons. The second-order valence-corrected chi connectivity index (χ2v) is 7.18. The molecule has 2 atom stereocenters. The van der Waals surface area contributed by atoms with E-state index in [-0.39, 0.29) is 18.0 Å². The van der Waals surface area contributed by atoms with Gasteiger partial charge in [-0.05, 0) is 62.9 Å². The van der Waals surface area contributed by atoms with Crippen molar-refractivity contribution in [3.63, 3.8) is 0 Å². The van der Waals surface area contributed by atoms with Crippen molar-refractivity contribution in [2.24, 2.45) is 0 Å². The molecule has 4 heteroatoms. The Morgan fingerprint density at radius 2 is 1.63 bits per heavy atom. The summed E-state index contributed by atoms with van der Waals surface area (Å²) in [7, 11) is 0. The minimum Gasteiger partial charge on any atom is -0.486 e. The molecule has 4 nitrogen and oxygen atoms in total. The summed E-state index contributed by atoms with van der Waals surface area (Å²) in [4.78, 5) is 14.9. The summed E-state index contributed by atoms with van der Waals surface area (Å²) in [6.45, 7) is 10.8. The first kappa shape index (κ1) is 21.1. The van der Waals surface area contributed by atoms with E-state index in [1.165, 1.54) is 5.56 Å². The molecule has 0 fully saturated rings. The van der Waals surface area contributed by atoms with Gasteiger partial charge in [-0.2, -0.15) is 0 Å². The zero-order valence-electron chi connectivity index (χ0n) is 17.3. The van der Waals surface area contributed by atoms with Gasteiger partial charge in [0.25, 0.3) is 5.91 Å². The highest BCUT2D eigenvalue weighted by Gasteiger charge is 2.26. The van der Waals surface area contributed by atoms with E-state index in [4.69, 9.17) is 9.15 Å². The van der Waals surface area contributed by atoms with Crippen LogP contribution in [0.3, 0.4) is 0 Å². The van der Waals surface area contributed by atoms with Crippen LogP contribution in [0.5, 0.6) is 5.75 Å². The van der Waals surface area contributed by atoms with E-state index in [1.54, 1.807) is 6.07 Å². The Labute approximate surface area is 163 Å².